The van der Waals surface area contributed by atoms with Gasteiger partial charge in [0.25, 0.3) is 0 Å². The maximum Gasteiger partial charge on any atom is 0.0948 e. The standard InChI is InChI=1S/C10H20N4O/c1-2-14-8-12-7-10(14)9(6-11)13-4-3-5-15/h7-9,13,15H,2-6,11H2,1H3. The summed E-state index contributed by atoms with van der Waals surface area (Å²) in [6, 6.07) is 0.124. The summed E-state index contributed by atoms with van der Waals surface area (Å²) in [6.45, 7) is 4.49. The first-order valence-electron chi connectivity index (χ1n) is 5.37. The van der Waals surface area contributed by atoms with Crippen molar-refractivity contribution in [3.63, 3.8) is 0 Å². The molecule has 0 fully saturated rings. The Morgan fingerprint density at radius 2 is 2.47 bits per heavy atom. The Bertz CT molecular complexity index is 274. The lowest BCUT2D eigenvalue weighted by Gasteiger charge is -2.17. The number of hydrogen-bond acceptors (Lipinski definition) is 4. The van der Waals surface area contributed by atoms with Crippen molar-refractivity contribution < 1.29 is 5.11 Å². The average Bonchev–Trinajstić information content (AvgIpc) is 2.72. The second-order valence-electron chi connectivity index (χ2n) is 3.42. The van der Waals surface area contributed by atoms with Crippen molar-refractivity contribution in [1.29, 1.82) is 0 Å². The van der Waals surface area contributed by atoms with Gasteiger partial charge in [-0.15, -0.1) is 0 Å². The van der Waals surface area contributed by atoms with E-state index in [-0.39, 0.29) is 12.6 Å². The fraction of sp³-hybridized carbons (Fsp3) is 0.700. The molecule has 0 bridgehead atoms. The number of aliphatic hydroxyl groups excluding tert-OH is 1. The summed E-state index contributed by atoms with van der Waals surface area (Å²) in [6.07, 6.45) is 4.40. The summed E-state index contributed by atoms with van der Waals surface area (Å²) in [5.74, 6) is 0. The third-order valence-corrected chi connectivity index (χ3v) is 2.40. The summed E-state index contributed by atoms with van der Waals surface area (Å²) in [4.78, 5) is 4.11. The van der Waals surface area contributed by atoms with E-state index in [1.807, 2.05) is 12.5 Å². The lowest BCUT2D eigenvalue weighted by Crippen LogP contribution is -2.31. The molecule has 1 aromatic rings. The molecule has 0 saturated heterocycles. The molecule has 5 nitrogen and oxygen atoms in total. The molecule has 0 aliphatic rings. The number of hydrogen-bond donors (Lipinski definition) is 3. The van der Waals surface area contributed by atoms with E-state index < -0.39 is 0 Å². The van der Waals surface area contributed by atoms with E-state index in [0.717, 1.165) is 25.2 Å². The highest BCUT2D eigenvalue weighted by Gasteiger charge is 2.12. The molecule has 15 heavy (non-hydrogen) atoms. The molecule has 5 heteroatoms. The van der Waals surface area contributed by atoms with Crippen LogP contribution in [0, 0.1) is 0 Å². The smallest absolute Gasteiger partial charge is 0.0948 e. The summed E-state index contributed by atoms with van der Waals surface area (Å²) in [7, 11) is 0. The molecule has 0 aliphatic heterocycles. The van der Waals surface area contributed by atoms with Crippen LogP contribution in [-0.2, 0) is 6.54 Å². The van der Waals surface area contributed by atoms with Crippen molar-refractivity contribution in [1.82, 2.24) is 14.9 Å². The third-order valence-electron chi connectivity index (χ3n) is 2.40. The molecular formula is C10H20N4O. The molecule has 0 aliphatic carbocycles. The van der Waals surface area contributed by atoms with Gasteiger partial charge in [0.15, 0.2) is 0 Å². The van der Waals surface area contributed by atoms with Gasteiger partial charge in [0.05, 0.1) is 18.1 Å². The predicted molar refractivity (Wildman–Crippen MR) is 59.4 cm³/mol. The number of rotatable bonds is 7. The highest BCUT2D eigenvalue weighted by atomic mass is 16.3. The van der Waals surface area contributed by atoms with Crippen LogP contribution in [-0.4, -0.2) is 34.4 Å². The van der Waals surface area contributed by atoms with Gasteiger partial charge in [-0.3, -0.25) is 0 Å². The van der Waals surface area contributed by atoms with Crippen LogP contribution >= 0.6 is 0 Å². The van der Waals surface area contributed by atoms with Gasteiger partial charge in [-0.1, -0.05) is 0 Å². The zero-order valence-corrected chi connectivity index (χ0v) is 9.19. The van der Waals surface area contributed by atoms with E-state index in [2.05, 4.69) is 21.8 Å². The fourth-order valence-electron chi connectivity index (χ4n) is 1.55. The summed E-state index contributed by atoms with van der Waals surface area (Å²) in [5, 5.41) is 12.0. The normalized spacial score (nSPS) is 13.0. The van der Waals surface area contributed by atoms with Gasteiger partial charge in [-0.25, -0.2) is 4.98 Å². The van der Waals surface area contributed by atoms with Crippen LogP contribution in [0.15, 0.2) is 12.5 Å². The maximum atomic E-state index is 8.69. The van der Waals surface area contributed by atoms with Gasteiger partial charge >= 0.3 is 0 Å². The van der Waals surface area contributed by atoms with Crippen molar-refractivity contribution in [2.75, 3.05) is 19.7 Å². The molecule has 86 valence electrons. The number of imidazole rings is 1. The summed E-state index contributed by atoms with van der Waals surface area (Å²) >= 11 is 0. The molecule has 1 aromatic heterocycles. The molecule has 1 atom stereocenters. The van der Waals surface area contributed by atoms with Gasteiger partial charge in [-0.2, -0.15) is 0 Å². The van der Waals surface area contributed by atoms with Crippen molar-refractivity contribution in [3.05, 3.63) is 18.2 Å². The minimum Gasteiger partial charge on any atom is -0.396 e. The summed E-state index contributed by atoms with van der Waals surface area (Å²) in [5.41, 5.74) is 6.81. The molecule has 0 amide bonds. The number of nitrogens with two attached hydrogens (primary N) is 1. The minimum absolute atomic E-state index is 0.124. The van der Waals surface area contributed by atoms with Crippen LogP contribution in [0.25, 0.3) is 0 Å². The van der Waals surface area contributed by atoms with Crippen molar-refractivity contribution in [3.8, 4) is 0 Å². The highest BCUT2D eigenvalue weighted by molar-refractivity contribution is 5.05. The minimum atomic E-state index is 0.124. The van der Waals surface area contributed by atoms with Gasteiger partial charge < -0.3 is 20.7 Å². The zero-order chi connectivity index (χ0) is 11.1. The Hall–Kier alpha value is -0.910. The van der Waals surface area contributed by atoms with Crippen LogP contribution in [0.3, 0.4) is 0 Å². The van der Waals surface area contributed by atoms with E-state index in [4.69, 9.17) is 10.8 Å². The Labute approximate surface area is 90.3 Å². The number of aromatic nitrogens is 2. The molecule has 1 heterocycles. The Morgan fingerprint density at radius 1 is 1.67 bits per heavy atom. The first-order valence-corrected chi connectivity index (χ1v) is 5.37. The molecule has 4 N–H and O–H groups in total. The fourth-order valence-corrected chi connectivity index (χ4v) is 1.55. The van der Waals surface area contributed by atoms with Gasteiger partial charge in [-0.05, 0) is 19.9 Å². The monoisotopic (exact) mass is 212 g/mol. The lowest BCUT2D eigenvalue weighted by molar-refractivity contribution is 0.283. The van der Waals surface area contributed by atoms with E-state index in [1.54, 1.807) is 0 Å². The Kier molecular flexibility index (Phi) is 5.31. The van der Waals surface area contributed by atoms with Crippen LogP contribution < -0.4 is 11.1 Å². The van der Waals surface area contributed by atoms with E-state index in [9.17, 15) is 0 Å². The molecule has 0 radical (unpaired) electrons. The van der Waals surface area contributed by atoms with Crippen molar-refractivity contribution in [2.45, 2.75) is 25.9 Å². The topological polar surface area (TPSA) is 76.1 Å². The second-order valence-corrected chi connectivity index (χ2v) is 3.42. The Balaban J connectivity index is 2.57. The largest absolute Gasteiger partial charge is 0.396 e. The Morgan fingerprint density at radius 3 is 3.07 bits per heavy atom. The first-order chi connectivity index (χ1) is 7.33. The molecule has 1 unspecified atom stereocenters. The van der Waals surface area contributed by atoms with E-state index >= 15 is 0 Å². The average molecular weight is 212 g/mol. The maximum absolute atomic E-state index is 8.69. The van der Waals surface area contributed by atoms with Gasteiger partial charge in [0.1, 0.15) is 0 Å². The quantitative estimate of drug-likeness (QED) is 0.551. The zero-order valence-electron chi connectivity index (χ0n) is 9.19. The van der Waals surface area contributed by atoms with E-state index in [1.165, 1.54) is 0 Å². The first kappa shape index (κ1) is 12.2. The van der Waals surface area contributed by atoms with Crippen LogP contribution in [0.1, 0.15) is 25.1 Å². The van der Waals surface area contributed by atoms with Crippen LogP contribution in [0.5, 0.6) is 0 Å². The molecule has 0 saturated carbocycles. The van der Waals surface area contributed by atoms with Crippen LogP contribution in [0.4, 0.5) is 0 Å². The highest BCUT2D eigenvalue weighted by Crippen LogP contribution is 2.10. The van der Waals surface area contributed by atoms with Crippen molar-refractivity contribution in [2.24, 2.45) is 5.73 Å². The number of aryl methyl sites for hydroxylation is 1. The summed E-state index contributed by atoms with van der Waals surface area (Å²) < 4.78 is 2.07. The number of nitrogens with one attached hydrogen (secondary N) is 1. The van der Waals surface area contributed by atoms with Crippen LogP contribution in [0.2, 0.25) is 0 Å². The van der Waals surface area contributed by atoms with E-state index in [0.29, 0.717) is 6.54 Å². The second kappa shape index (κ2) is 6.55. The van der Waals surface area contributed by atoms with Gasteiger partial charge in [0.2, 0.25) is 0 Å². The third kappa shape index (κ3) is 3.30. The lowest BCUT2D eigenvalue weighted by atomic mass is 10.2. The molecular weight excluding hydrogens is 192 g/mol. The van der Waals surface area contributed by atoms with Crippen molar-refractivity contribution >= 4 is 0 Å². The molecule has 0 spiro atoms. The molecule has 0 aromatic carbocycles. The molecule has 1 rings (SSSR count). The number of nitrogens with zero attached hydrogens (tertiary/aromatic N) is 2. The number of aliphatic hydroxyl groups is 1. The SMILES string of the molecule is CCn1cncc1C(CN)NCCCO. The van der Waals surface area contributed by atoms with Gasteiger partial charge in [0, 0.05) is 25.9 Å². The predicted octanol–water partition coefficient (Wildman–Crippen LogP) is -0.125.